The summed E-state index contributed by atoms with van der Waals surface area (Å²) in [7, 11) is 1.73. The third kappa shape index (κ3) is 6.70. The quantitative estimate of drug-likeness (QED) is 0.175. The summed E-state index contributed by atoms with van der Waals surface area (Å²) in [5, 5.41) is 20.7. The summed E-state index contributed by atoms with van der Waals surface area (Å²) in [6.07, 6.45) is 2.72. The molecule has 0 radical (unpaired) electrons. The fourth-order valence-electron chi connectivity index (χ4n) is 5.55. The fraction of sp³-hybridized carbons (Fsp3) is 0.364. The molecule has 0 unspecified atom stereocenters. The van der Waals surface area contributed by atoms with Crippen LogP contribution in [0, 0.1) is 5.41 Å². The molecule has 3 aromatic carbocycles. The second kappa shape index (κ2) is 11.6. The van der Waals surface area contributed by atoms with Crippen LogP contribution in [0.4, 0.5) is 4.79 Å². The Morgan fingerprint density at radius 2 is 1.54 bits per heavy atom. The van der Waals surface area contributed by atoms with Gasteiger partial charge in [0, 0.05) is 42.1 Å². The van der Waals surface area contributed by atoms with Gasteiger partial charge in [-0.15, -0.1) is 0 Å². The minimum atomic E-state index is -0.533. The Bertz CT molecular complexity index is 1590. The summed E-state index contributed by atoms with van der Waals surface area (Å²) in [6, 6.07) is 22.5. The third-order valence-electron chi connectivity index (χ3n) is 7.61. The monoisotopic (exact) mass is 553 g/mol. The molecule has 0 atom stereocenters. The summed E-state index contributed by atoms with van der Waals surface area (Å²) in [5.74, 6) is 0.212. The Balaban J connectivity index is 1.36. The van der Waals surface area contributed by atoms with Crippen LogP contribution in [-0.4, -0.2) is 47.1 Å². The summed E-state index contributed by atoms with van der Waals surface area (Å²) in [5.41, 5.74) is 2.83. The van der Waals surface area contributed by atoms with E-state index in [9.17, 15) is 9.59 Å². The maximum Gasteiger partial charge on any atom is 0.407 e. The van der Waals surface area contributed by atoms with Crippen molar-refractivity contribution in [3.8, 4) is 0 Å². The number of amidine groups is 1. The minimum absolute atomic E-state index is 0.0272. The van der Waals surface area contributed by atoms with Gasteiger partial charge in [-0.05, 0) is 81.0 Å². The molecule has 0 saturated heterocycles. The van der Waals surface area contributed by atoms with Crippen LogP contribution in [0.1, 0.15) is 68.1 Å². The first-order valence-electron chi connectivity index (χ1n) is 14.3. The molecule has 1 fully saturated rings. The van der Waals surface area contributed by atoms with Gasteiger partial charge in [-0.2, -0.15) is 0 Å². The van der Waals surface area contributed by atoms with E-state index in [2.05, 4.69) is 50.8 Å². The van der Waals surface area contributed by atoms with Crippen molar-refractivity contribution in [3.63, 3.8) is 0 Å². The molecule has 5 rings (SSSR count). The van der Waals surface area contributed by atoms with Crippen LogP contribution in [-0.2, 0) is 11.3 Å². The molecule has 1 aliphatic rings. The average Bonchev–Trinajstić information content (AvgIpc) is 3.30. The summed E-state index contributed by atoms with van der Waals surface area (Å²) >= 11 is 0. The second-order valence-electron chi connectivity index (χ2n) is 11.9. The Hall–Kier alpha value is -4.33. The zero-order valence-electron chi connectivity index (χ0n) is 24.2. The number of ether oxygens (including phenoxy) is 1. The Labute approximate surface area is 241 Å². The molecule has 1 aliphatic carbocycles. The first kappa shape index (κ1) is 28.2. The van der Waals surface area contributed by atoms with Crippen molar-refractivity contribution >= 4 is 39.5 Å². The molecule has 8 nitrogen and oxygen atoms in total. The number of nitrogens with zero attached hydrogens (tertiary/aromatic N) is 1. The molecule has 41 heavy (non-hydrogen) atoms. The Kier molecular flexibility index (Phi) is 8.01. The molecule has 1 saturated carbocycles. The van der Waals surface area contributed by atoms with E-state index in [-0.39, 0.29) is 18.0 Å². The van der Waals surface area contributed by atoms with E-state index in [0.29, 0.717) is 18.1 Å². The molecule has 214 valence electrons. The highest BCUT2D eigenvalue weighted by atomic mass is 16.6. The number of carbonyl (C=O) groups excluding carboxylic acids is 2. The first-order chi connectivity index (χ1) is 19.6. The van der Waals surface area contributed by atoms with Gasteiger partial charge in [-0.3, -0.25) is 10.2 Å². The SMILES string of the molecule is CNC(=N)c1ccc2cc(C(=O)NC3CCC(NC(=O)OC(C)(C)C)CC3)n(Cc3ccc4ccccc4c3)c2c1. The number of hydrogen-bond donors (Lipinski definition) is 4. The van der Waals surface area contributed by atoms with E-state index in [1.54, 1.807) is 7.05 Å². The zero-order valence-corrected chi connectivity index (χ0v) is 24.2. The summed E-state index contributed by atoms with van der Waals surface area (Å²) in [6.45, 7) is 6.08. The van der Waals surface area contributed by atoms with E-state index >= 15 is 0 Å². The van der Waals surface area contributed by atoms with Crippen molar-refractivity contribution in [1.82, 2.24) is 20.5 Å². The maximum atomic E-state index is 13.7. The van der Waals surface area contributed by atoms with Crippen LogP contribution in [0.3, 0.4) is 0 Å². The van der Waals surface area contributed by atoms with Gasteiger partial charge < -0.3 is 25.3 Å². The van der Waals surface area contributed by atoms with Gasteiger partial charge in [-0.1, -0.05) is 48.5 Å². The Morgan fingerprint density at radius 1 is 0.878 bits per heavy atom. The minimum Gasteiger partial charge on any atom is -0.444 e. The van der Waals surface area contributed by atoms with Gasteiger partial charge in [0.1, 0.15) is 17.1 Å². The lowest BCUT2D eigenvalue weighted by molar-refractivity contribution is 0.0488. The van der Waals surface area contributed by atoms with Gasteiger partial charge in [0.2, 0.25) is 0 Å². The van der Waals surface area contributed by atoms with Crippen LogP contribution in [0.2, 0.25) is 0 Å². The number of alkyl carbamates (subject to hydrolysis) is 1. The van der Waals surface area contributed by atoms with Gasteiger partial charge in [-0.25, -0.2) is 4.79 Å². The predicted octanol–water partition coefficient (Wildman–Crippen LogP) is 5.95. The average molecular weight is 554 g/mol. The molecule has 1 heterocycles. The molecule has 0 aliphatic heterocycles. The normalized spacial score (nSPS) is 17.3. The van der Waals surface area contributed by atoms with E-state index < -0.39 is 11.7 Å². The van der Waals surface area contributed by atoms with Crippen LogP contribution >= 0.6 is 0 Å². The largest absolute Gasteiger partial charge is 0.444 e. The smallest absolute Gasteiger partial charge is 0.407 e. The number of benzene rings is 3. The van der Waals surface area contributed by atoms with Gasteiger partial charge in [0.15, 0.2) is 0 Å². The summed E-state index contributed by atoms with van der Waals surface area (Å²) < 4.78 is 7.45. The van der Waals surface area contributed by atoms with E-state index in [0.717, 1.165) is 53.1 Å². The number of rotatable bonds is 6. The van der Waals surface area contributed by atoms with E-state index in [1.807, 2.05) is 57.2 Å². The van der Waals surface area contributed by atoms with E-state index in [1.165, 1.54) is 5.39 Å². The van der Waals surface area contributed by atoms with Crippen LogP contribution in [0.15, 0.2) is 66.7 Å². The van der Waals surface area contributed by atoms with Gasteiger partial charge in [0.25, 0.3) is 5.91 Å². The fourth-order valence-corrected chi connectivity index (χ4v) is 5.55. The number of hydrogen-bond acceptors (Lipinski definition) is 4. The van der Waals surface area contributed by atoms with Crippen molar-refractivity contribution in [1.29, 1.82) is 5.41 Å². The molecule has 4 N–H and O–H groups in total. The summed E-state index contributed by atoms with van der Waals surface area (Å²) in [4.78, 5) is 25.9. The molecule has 2 amide bonds. The zero-order chi connectivity index (χ0) is 29.1. The molecular formula is C33H39N5O3. The molecule has 8 heteroatoms. The van der Waals surface area contributed by atoms with Crippen LogP contribution in [0.25, 0.3) is 21.7 Å². The molecule has 1 aromatic heterocycles. The highest BCUT2D eigenvalue weighted by molar-refractivity contribution is 6.03. The molecular weight excluding hydrogens is 514 g/mol. The maximum absolute atomic E-state index is 13.7. The molecule has 0 spiro atoms. The first-order valence-corrected chi connectivity index (χ1v) is 14.3. The highest BCUT2D eigenvalue weighted by Crippen LogP contribution is 2.26. The van der Waals surface area contributed by atoms with E-state index in [4.69, 9.17) is 10.1 Å². The Morgan fingerprint density at radius 3 is 2.22 bits per heavy atom. The van der Waals surface area contributed by atoms with Crippen LogP contribution < -0.4 is 16.0 Å². The molecule has 0 bridgehead atoms. The van der Waals surface area contributed by atoms with Crippen LogP contribution in [0.5, 0.6) is 0 Å². The second-order valence-corrected chi connectivity index (χ2v) is 11.9. The number of nitrogens with one attached hydrogen (secondary N) is 4. The van der Waals surface area contributed by atoms with Crippen molar-refractivity contribution in [3.05, 3.63) is 83.6 Å². The molecule has 4 aromatic rings. The lowest BCUT2D eigenvalue weighted by Crippen LogP contribution is -2.45. The van der Waals surface area contributed by atoms with Crippen molar-refractivity contribution < 1.29 is 14.3 Å². The standard InChI is InChI=1S/C33H39N5O3/c1-33(2,3)41-32(40)37-27-15-13-26(14-16-27)36-31(39)29-18-24-11-12-25(30(34)35-4)19-28(24)38(29)20-21-9-10-22-7-5-6-8-23(22)17-21/h5-12,17-19,26-27H,13-16,20H2,1-4H3,(H2,34,35)(H,36,39)(H,37,40). The van der Waals surface area contributed by atoms with Gasteiger partial charge >= 0.3 is 6.09 Å². The number of carbonyl (C=O) groups is 2. The lowest BCUT2D eigenvalue weighted by atomic mass is 9.91. The van der Waals surface area contributed by atoms with Crippen molar-refractivity contribution in [2.24, 2.45) is 0 Å². The van der Waals surface area contributed by atoms with Crippen molar-refractivity contribution in [2.45, 2.75) is 70.7 Å². The highest BCUT2D eigenvalue weighted by Gasteiger charge is 2.27. The van der Waals surface area contributed by atoms with Gasteiger partial charge in [0.05, 0.1) is 0 Å². The number of aromatic nitrogens is 1. The predicted molar refractivity (Wildman–Crippen MR) is 164 cm³/mol. The topological polar surface area (TPSA) is 108 Å². The number of amides is 2. The lowest BCUT2D eigenvalue weighted by Gasteiger charge is -2.30. The number of fused-ring (bicyclic) bond motifs is 2. The third-order valence-corrected chi connectivity index (χ3v) is 7.61. The van der Waals surface area contributed by atoms with Crippen molar-refractivity contribution in [2.75, 3.05) is 7.05 Å².